The maximum atomic E-state index is 12.5. The Morgan fingerprint density at radius 2 is 1.87 bits per heavy atom. The van der Waals surface area contributed by atoms with Gasteiger partial charge in [-0.2, -0.15) is 0 Å². The van der Waals surface area contributed by atoms with Crippen molar-refractivity contribution in [3.8, 4) is 28.6 Å². The van der Waals surface area contributed by atoms with Gasteiger partial charge in [0.1, 0.15) is 11.5 Å². The number of hydrogen-bond acceptors (Lipinski definition) is 8. The highest BCUT2D eigenvalue weighted by molar-refractivity contribution is 7.14. The van der Waals surface area contributed by atoms with Crippen LogP contribution in [0.4, 0.5) is 10.8 Å². The summed E-state index contributed by atoms with van der Waals surface area (Å²) in [7, 11) is 4.70. The molecule has 30 heavy (non-hydrogen) atoms. The van der Waals surface area contributed by atoms with Gasteiger partial charge >= 0.3 is 0 Å². The van der Waals surface area contributed by atoms with Crippen molar-refractivity contribution in [3.05, 3.63) is 41.9 Å². The van der Waals surface area contributed by atoms with Crippen LogP contribution in [0, 0.1) is 0 Å². The van der Waals surface area contributed by atoms with Gasteiger partial charge in [-0.1, -0.05) is 0 Å². The van der Waals surface area contributed by atoms with Crippen molar-refractivity contribution >= 4 is 52.9 Å². The molecule has 0 aliphatic rings. The molecule has 1 amide bonds. The number of halogens is 2. The van der Waals surface area contributed by atoms with Gasteiger partial charge in [0.2, 0.25) is 11.8 Å². The van der Waals surface area contributed by atoms with Crippen LogP contribution in [-0.4, -0.2) is 43.7 Å². The van der Waals surface area contributed by atoms with Crippen LogP contribution in [0.15, 0.2) is 41.9 Å². The number of anilines is 2. The van der Waals surface area contributed by atoms with Gasteiger partial charge in [-0.05, 0) is 18.2 Å². The lowest BCUT2D eigenvalue weighted by molar-refractivity contribution is -0.116. The second kappa shape index (κ2) is 11.6. The molecule has 0 radical (unpaired) electrons. The number of nitrogens with zero attached hydrogens (tertiary/aromatic N) is 3. The van der Waals surface area contributed by atoms with E-state index in [1.165, 1.54) is 23.3 Å². The van der Waals surface area contributed by atoms with E-state index in [1.807, 2.05) is 17.5 Å². The summed E-state index contributed by atoms with van der Waals surface area (Å²) >= 11 is 1.32. The van der Waals surface area contributed by atoms with Gasteiger partial charge in [0, 0.05) is 23.1 Å². The Bertz CT molecular complexity index is 969. The number of thiazole rings is 1. The van der Waals surface area contributed by atoms with Crippen molar-refractivity contribution in [2.45, 2.75) is 0 Å². The molecule has 0 aliphatic carbocycles. The fourth-order valence-corrected chi connectivity index (χ4v) is 3.44. The molecule has 0 saturated heterocycles. The molecule has 2 N–H and O–H groups in total. The molecule has 11 heteroatoms. The molecule has 0 aliphatic heterocycles. The third-order valence-corrected chi connectivity index (χ3v) is 4.81. The minimum atomic E-state index is -0.297. The molecule has 0 bridgehead atoms. The molecule has 0 fully saturated rings. The summed E-state index contributed by atoms with van der Waals surface area (Å²) in [4.78, 5) is 22.7. The molecule has 0 saturated carbocycles. The first-order valence-corrected chi connectivity index (χ1v) is 9.20. The molecule has 0 spiro atoms. The summed E-state index contributed by atoms with van der Waals surface area (Å²) in [6, 6.07) is 8.87. The zero-order chi connectivity index (χ0) is 20.1. The number of benzene rings is 1. The van der Waals surface area contributed by atoms with Crippen LogP contribution in [0.25, 0.3) is 11.3 Å². The number of carbonyl (C=O) groups is 1. The van der Waals surface area contributed by atoms with E-state index in [0.717, 1.165) is 5.56 Å². The number of methoxy groups -OCH3 is 3. The van der Waals surface area contributed by atoms with Crippen LogP contribution in [-0.2, 0) is 4.79 Å². The Kier molecular flexibility index (Phi) is 9.80. The third-order valence-electron chi connectivity index (χ3n) is 3.98. The highest BCUT2D eigenvalue weighted by atomic mass is 35.5. The first-order valence-electron chi connectivity index (χ1n) is 8.32. The summed E-state index contributed by atoms with van der Waals surface area (Å²) in [6.07, 6.45) is 1.54. The molecule has 2 heterocycles. The van der Waals surface area contributed by atoms with Crippen molar-refractivity contribution in [2.75, 3.05) is 32.8 Å². The van der Waals surface area contributed by atoms with Crippen molar-refractivity contribution in [3.63, 3.8) is 0 Å². The molecule has 1 aromatic carbocycles. The van der Waals surface area contributed by atoms with Gasteiger partial charge in [0.25, 0.3) is 0 Å². The predicted octanol–water partition coefficient (Wildman–Crippen LogP) is 3.70. The number of rotatable bonds is 7. The average Bonchev–Trinajstić information content (AvgIpc) is 3.23. The lowest BCUT2D eigenvalue weighted by Crippen LogP contribution is -2.32. The molecule has 162 valence electrons. The second-order valence-electron chi connectivity index (χ2n) is 5.57. The molecule has 3 rings (SSSR count). The van der Waals surface area contributed by atoms with Crippen molar-refractivity contribution in [1.29, 1.82) is 0 Å². The van der Waals surface area contributed by atoms with Crippen LogP contribution in [0.2, 0.25) is 0 Å². The molecule has 3 aromatic rings. The van der Waals surface area contributed by atoms with Crippen molar-refractivity contribution in [2.24, 2.45) is 5.73 Å². The lowest BCUT2D eigenvalue weighted by Gasteiger charge is -2.19. The van der Waals surface area contributed by atoms with Gasteiger partial charge in [-0.3, -0.25) is 9.69 Å². The zero-order valence-corrected chi connectivity index (χ0v) is 19.0. The average molecular weight is 473 g/mol. The Morgan fingerprint density at radius 3 is 2.43 bits per heavy atom. The summed E-state index contributed by atoms with van der Waals surface area (Å²) in [5, 5.41) is 2.34. The molecule has 0 unspecified atom stereocenters. The van der Waals surface area contributed by atoms with Gasteiger partial charge < -0.3 is 19.9 Å². The number of amides is 1. The first kappa shape index (κ1) is 25.4. The fraction of sp³-hybridized carbons (Fsp3) is 0.211. The van der Waals surface area contributed by atoms with Gasteiger partial charge in [-0.15, -0.1) is 36.2 Å². The fourth-order valence-electron chi connectivity index (χ4n) is 2.58. The molecule has 8 nitrogen and oxygen atoms in total. The minimum Gasteiger partial charge on any atom is -0.497 e. The summed E-state index contributed by atoms with van der Waals surface area (Å²) < 4.78 is 15.8. The van der Waals surface area contributed by atoms with Crippen LogP contribution >= 0.6 is 36.2 Å². The van der Waals surface area contributed by atoms with Gasteiger partial charge in [0.05, 0.1) is 45.5 Å². The molecule has 0 atom stereocenters. The Hall–Kier alpha value is -2.59. The van der Waals surface area contributed by atoms with Gasteiger partial charge in [0.15, 0.2) is 5.13 Å². The van der Waals surface area contributed by atoms with Crippen LogP contribution in [0.3, 0.4) is 0 Å². The topological polar surface area (TPSA) is 99.8 Å². The van der Waals surface area contributed by atoms with E-state index < -0.39 is 0 Å². The van der Waals surface area contributed by atoms with E-state index in [1.54, 1.807) is 38.6 Å². The summed E-state index contributed by atoms with van der Waals surface area (Å²) in [6.45, 7) is -0.160. The summed E-state index contributed by atoms with van der Waals surface area (Å²) in [5.41, 5.74) is 7.63. The normalized spacial score (nSPS) is 9.73. The highest BCUT2D eigenvalue weighted by Crippen LogP contribution is 2.37. The predicted molar refractivity (Wildman–Crippen MR) is 122 cm³/mol. The molecular weight excluding hydrogens is 451 g/mol. The van der Waals surface area contributed by atoms with E-state index in [9.17, 15) is 4.79 Å². The Balaban J connectivity index is 0.00000225. The highest BCUT2D eigenvalue weighted by Gasteiger charge is 2.22. The number of carbonyl (C=O) groups excluding carboxylic acids is 1. The second-order valence-corrected chi connectivity index (χ2v) is 6.41. The SMILES string of the molecule is COc1ccc(-c2csc(N(C(=O)CN)c3ccc(OC)nc3)n2)c(OC)c1.Cl.Cl. The molecule has 2 aromatic heterocycles. The van der Waals surface area contributed by atoms with E-state index in [0.29, 0.717) is 33.9 Å². The lowest BCUT2D eigenvalue weighted by atomic mass is 10.1. The monoisotopic (exact) mass is 472 g/mol. The van der Waals surface area contributed by atoms with E-state index in [4.69, 9.17) is 19.9 Å². The van der Waals surface area contributed by atoms with Crippen LogP contribution in [0.5, 0.6) is 17.4 Å². The van der Waals surface area contributed by atoms with Crippen LogP contribution in [0.1, 0.15) is 0 Å². The van der Waals surface area contributed by atoms with E-state index in [-0.39, 0.29) is 37.3 Å². The largest absolute Gasteiger partial charge is 0.497 e. The maximum Gasteiger partial charge on any atom is 0.247 e. The summed E-state index contributed by atoms with van der Waals surface area (Å²) in [5.74, 6) is 1.46. The minimum absolute atomic E-state index is 0. The van der Waals surface area contributed by atoms with Crippen molar-refractivity contribution in [1.82, 2.24) is 9.97 Å². The van der Waals surface area contributed by atoms with Gasteiger partial charge in [-0.25, -0.2) is 9.97 Å². The Morgan fingerprint density at radius 1 is 1.10 bits per heavy atom. The Labute approximate surface area is 190 Å². The number of pyridine rings is 1. The number of aromatic nitrogens is 2. The molecular formula is C19H22Cl2N4O4S. The number of ether oxygens (including phenoxy) is 3. The maximum absolute atomic E-state index is 12.5. The zero-order valence-electron chi connectivity index (χ0n) is 16.5. The number of hydrogen-bond donors (Lipinski definition) is 1. The number of nitrogens with two attached hydrogens (primary N) is 1. The smallest absolute Gasteiger partial charge is 0.247 e. The third kappa shape index (κ3) is 5.31. The quantitative estimate of drug-likeness (QED) is 0.559. The van der Waals surface area contributed by atoms with E-state index >= 15 is 0 Å². The standard InChI is InChI=1S/C19H20N4O4S.2ClH/c1-25-13-5-6-14(16(8-13)26-2)15-11-28-19(22-15)23(18(24)9-20)12-4-7-17(27-3)21-10-12;;/h4-8,10-11H,9,20H2,1-3H3;2*1H. The van der Waals surface area contributed by atoms with E-state index in [2.05, 4.69) is 9.97 Å². The van der Waals surface area contributed by atoms with Crippen molar-refractivity contribution < 1.29 is 19.0 Å². The first-order chi connectivity index (χ1) is 13.6. The van der Waals surface area contributed by atoms with Crippen LogP contribution < -0.4 is 24.8 Å².